The molecule has 4 N–H and O–H groups in total. The van der Waals surface area contributed by atoms with Crippen molar-refractivity contribution in [2.75, 3.05) is 18.1 Å². The summed E-state index contributed by atoms with van der Waals surface area (Å²) in [5, 5.41) is 13.7. The molecule has 0 unspecified atom stereocenters. The largest absolute Gasteiger partial charge is 0.465 e. The fourth-order valence-electron chi connectivity index (χ4n) is 1.72. The number of hydrogen-bond donors (Lipinski definition) is 3. The minimum absolute atomic E-state index is 0.0796. The van der Waals surface area contributed by atoms with E-state index in [1.165, 1.54) is 4.90 Å². The molecule has 0 aromatic rings. The first-order valence-corrected chi connectivity index (χ1v) is 9.08. The van der Waals surface area contributed by atoms with Crippen LogP contribution in [0, 0.1) is 0 Å². The van der Waals surface area contributed by atoms with Gasteiger partial charge in [0.15, 0.2) is 5.11 Å². The maximum Gasteiger partial charge on any atom is 0.408 e. The minimum Gasteiger partial charge on any atom is -0.465 e. The number of thioether (sulfide) groups is 2. The monoisotopic (exact) mass is 350 g/mol. The van der Waals surface area contributed by atoms with Crippen LogP contribution in [-0.4, -0.2) is 55.1 Å². The molecule has 0 radical (unpaired) electrons. The second-order valence-electron chi connectivity index (χ2n) is 5.55. The molecule has 1 aliphatic rings. The van der Waals surface area contributed by atoms with Gasteiger partial charge < -0.3 is 10.8 Å². The normalized spacial score (nSPS) is 17.4. The summed E-state index contributed by atoms with van der Waals surface area (Å²) in [4.78, 5) is 12.9. The second-order valence-corrected chi connectivity index (χ2v) is 8.71. The highest BCUT2D eigenvalue weighted by molar-refractivity contribution is 8.18. The van der Waals surface area contributed by atoms with Crippen molar-refractivity contribution in [2.24, 2.45) is 10.8 Å². The first kappa shape index (κ1) is 18.4. The zero-order valence-electron chi connectivity index (χ0n) is 12.5. The fourth-order valence-corrected chi connectivity index (χ4v) is 4.60. The smallest absolute Gasteiger partial charge is 0.408 e. The maximum absolute atomic E-state index is 11.5. The summed E-state index contributed by atoms with van der Waals surface area (Å²) in [6.45, 7) is 5.82. The minimum atomic E-state index is -0.962. The van der Waals surface area contributed by atoms with Crippen LogP contribution >= 0.6 is 35.7 Å². The van der Waals surface area contributed by atoms with E-state index in [0.29, 0.717) is 0 Å². The zero-order chi connectivity index (χ0) is 16.0. The van der Waals surface area contributed by atoms with Crippen molar-refractivity contribution in [2.45, 2.75) is 37.3 Å². The SMILES string of the molecule is CC(C)(C)N(CC(=NNC(N)=S)C1SCCCS1)C(=O)O. The van der Waals surface area contributed by atoms with Crippen molar-refractivity contribution in [3.8, 4) is 0 Å². The summed E-state index contributed by atoms with van der Waals surface area (Å²) >= 11 is 8.32. The first-order valence-electron chi connectivity index (χ1n) is 6.57. The Morgan fingerprint density at radius 1 is 1.48 bits per heavy atom. The summed E-state index contributed by atoms with van der Waals surface area (Å²) in [5.41, 5.74) is 8.25. The van der Waals surface area contributed by atoms with Crippen molar-refractivity contribution in [3.63, 3.8) is 0 Å². The van der Waals surface area contributed by atoms with E-state index in [1.54, 1.807) is 23.5 Å². The lowest BCUT2D eigenvalue weighted by Gasteiger charge is -2.35. The molecule has 1 aliphatic heterocycles. The third-order valence-electron chi connectivity index (χ3n) is 2.77. The molecule has 21 heavy (non-hydrogen) atoms. The van der Waals surface area contributed by atoms with E-state index in [2.05, 4.69) is 10.5 Å². The number of nitrogens with two attached hydrogens (primary N) is 1. The Bertz CT molecular complexity index is 417. The molecule has 1 fully saturated rings. The van der Waals surface area contributed by atoms with Crippen molar-refractivity contribution in [3.05, 3.63) is 0 Å². The molecule has 1 rings (SSSR count). The molecule has 0 bridgehead atoms. The van der Waals surface area contributed by atoms with Gasteiger partial charge in [-0.2, -0.15) is 5.10 Å². The van der Waals surface area contributed by atoms with E-state index in [9.17, 15) is 9.90 Å². The number of carbonyl (C=O) groups is 1. The number of carboxylic acid groups (broad SMARTS) is 1. The van der Waals surface area contributed by atoms with Gasteiger partial charge in [0.2, 0.25) is 0 Å². The molecule has 0 aliphatic carbocycles. The Hall–Kier alpha value is -0.670. The van der Waals surface area contributed by atoms with Gasteiger partial charge in [0.05, 0.1) is 16.8 Å². The number of hydrazone groups is 1. The van der Waals surface area contributed by atoms with Gasteiger partial charge in [-0.25, -0.2) is 4.79 Å². The maximum atomic E-state index is 11.5. The van der Waals surface area contributed by atoms with Crippen LogP contribution in [0.3, 0.4) is 0 Å². The van der Waals surface area contributed by atoms with Crippen molar-refractivity contribution >= 4 is 52.7 Å². The molecule has 1 amide bonds. The summed E-state index contributed by atoms with van der Waals surface area (Å²) in [5.74, 6) is 2.10. The average molecular weight is 351 g/mol. The molecular weight excluding hydrogens is 328 g/mol. The molecule has 0 spiro atoms. The number of amides is 1. The summed E-state index contributed by atoms with van der Waals surface area (Å²) in [6.07, 6.45) is 0.195. The van der Waals surface area contributed by atoms with Crippen LogP contribution in [0.15, 0.2) is 5.10 Å². The Morgan fingerprint density at radius 3 is 2.48 bits per heavy atom. The predicted octanol–water partition coefficient (Wildman–Crippen LogP) is 2.15. The van der Waals surface area contributed by atoms with Gasteiger partial charge >= 0.3 is 6.09 Å². The van der Waals surface area contributed by atoms with E-state index < -0.39 is 11.6 Å². The van der Waals surface area contributed by atoms with Crippen LogP contribution in [0.5, 0.6) is 0 Å². The summed E-state index contributed by atoms with van der Waals surface area (Å²) in [6, 6.07) is 0. The Balaban J connectivity index is 2.91. The molecule has 0 saturated carbocycles. The summed E-state index contributed by atoms with van der Waals surface area (Å²) < 4.78 is 0.129. The lowest BCUT2D eigenvalue weighted by Crippen LogP contribution is -2.49. The Labute approximate surface area is 139 Å². The van der Waals surface area contributed by atoms with Crippen molar-refractivity contribution in [1.29, 1.82) is 0 Å². The second kappa shape index (κ2) is 8.09. The lowest BCUT2D eigenvalue weighted by molar-refractivity contribution is 0.111. The van der Waals surface area contributed by atoms with Crippen LogP contribution in [0.4, 0.5) is 4.79 Å². The number of nitrogens with zero attached hydrogens (tertiary/aromatic N) is 2. The molecule has 0 atom stereocenters. The average Bonchev–Trinajstić information content (AvgIpc) is 2.37. The topological polar surface area (TPSA) is 91.0 Å². The highest BCUT2D eigenvalue weighted by Gasteiger charge is 2.31. The third kappa shape index (κ3) is 6.31. The summed E-state index contributed by atoms with van der Waals surface area (Å²) in [7, 11) is 0. The van der Waals surface area contributed by atoms with Gasteiger partial charge in [0.1, 0.15) is 0 Å². The van der Waals surface area contributed by atoms with Crippen LogP contribution in [0.2, 0.25) is 0 Å². The van der Waals surface area contributed by atoms with E-state index >= 15 is 0 Å². The molecule has 6 nitrogen and oxygen atoms in total. The number of rotatable bonds is 4. The predicted molar refractivity (Wildman–Crippen MR) is 95.2 cm³/mol. The molecule has 120 valence electrons. The molecule has 9 heteroatoms. The van der Waals surface area contributed by atoms with Crippen LogP contribution in [0.1, 0.15) is 27.2 Å². The van der Waals surface area contributed by atoms with Gasteiger partial charge in [-0.15, -0.1) is 23.5 Å². The first-order chi connectivity index (χ1) is 9.71. The molecular formula is C12H22N4O2S3. The van der Waals surface area contributed by atoms with E-state index in [1.807, 2.05) is 20.8 Å². The quantitative estimate of drug-likeness (QED) is 0.406. The Kier molecular flexibility index (Phi) is 7.08. The van der Waals surface area contributed by atoms with Gasteiger partial charge in [-0.05, 0) is 50.9 Å². The van der Waals surface area contributed by atoms with Gasteiger partial charge in [-0.1, -0.05) is 0 Å². The zero-order valence-corrected chi connectivity index (χ0v) is 14.9. The van der Waals surface area contributed by atoms with Gasteiger partial charge in [0.25, 0.3) is 0 Å². The Morgan fingerprint density at radius 2 is 2.05 bits per heavy atom. The van der Waals surface area contributed by atoms with Gasteiger partial charge in [0, 0.05) is 5.54 Å². The van der Waals surface area contributed by atoms with E-state index in [4.69, 9.17) is 18.0 Å². The van der Waals surface area contributed by atoms with E-state index in [-0.39, 0.29) is 16.2 Å². The van der Waals surface area contributed by atoms with E-state index in [0.717, 1.165) is 23.6 Å². The van der Waals surface area contributed by atoms with Crippen molar-refractivity contribution < 1.29 is 9.90 Å². The number of hydrogen-bond acceptors (Lipinski definition) is 5. The molecule has 0 aromatic carbocycles. The van der Waals surface area contributed by atoms with Crippen LogP contribution in [0.25, 0.3) is 0 Å². The molecule has 0 aromatic heterocycles. The van der Waals surface area contributed by atoms with Gasteiger partial charge in [-0.3, -0.25) is 10.3 Å². The number of nitrogens with one attached hydrogen (secondary N) is 1. The van der Waals surface area contributed by atoms with Crippen LogP contribution < -0.4 is 11.2 Å². The third-order valence-corrected chi connectivity index (χ3v) is 5.88. The fraction of sp³-hybridized carbons (Fsp3) is 0.750. The standard InChI is InChI=1S/C12H22N4O2S3/c1-12(2,3)16(11(17)18)7-8(14-15-10(13)19)9-20-5-4-6-21-9/h9H,4-7H2,1-3H3,(H,17,18)(H3,13,15,19). The van der Waals surface area contributed by atoms with Crippen LogP contribution in [-0.2, 0) is 0 Å². The van der Waals surface area contributed by atoms with Crippen molar-refractivity contribution in [1.82, 2.24) is 10.3 Å². The highest BCUT2D eigenvalue weighted by Crippen LogP contribution is 2.32. The molecule has 1 saturated heterocycles. The number of thiocarbonyl (C=S) groups is 1. The molecule has 1 heterocycles. The highest BCUT2D eigenvalue weighted by atomic mass is 32.2. The lowest BCUT2D eigenvalue weighted by atomic mass is 10.1.